The van der Waals surface area contributed by atoms with Crippen molar-refractivity contribution < 1.29 is 14.6 Å². The summed E-state index contributed by atoms with van der Waals surface area (Å²) >= 11 is 0. The number of carbonyl (C=O) groups excluding carboxylic acids is 1. The fourth-order valence-corrected chi connectivity index (χ4v) is 1.16. The maximum Gasteiger partial charge on any atom is 0.160 e. The van der Waals surface area contributed by atoms with Crippen LogP contribution in [0.3, 0.4) is 0 Å². The summed E-state index contributed by atoms with van der Waals surface area (Å²) in [5.41, 5.74) is 0.457. The SMILES string of the molecule is C=C(C)C(=O)CC(O)COc1ccccc1. The van der Waals surface area contributed by atoms with Gasteiger partial charge in [0.15, 0.2) is 5.78 Å². The first-order valence-corrected chi connectivity index (χ1v) is 5.14. The third kappa shape index (κ3) is 4.28. The van der Waals surface area contributed by atoms with Gasteiger partial charge in [0.25, 0.3) is 0 Å². The van der Waals surface area contributed by atoms with Crippen LogP contribution in [0.2, 0.25) is 0 Å². The second-order valence-corrected chi connectivity index (χ2v) is 3.69. The second-order valence-electron chi connectivity index (χ2n) is 3.69. The summed E-state index contributed by atoms with van der Waals surface area (Å²) in [6.07, 6.45) is -0.730. The molecule has 1 N–H and O–H groups in total. The van der Waals surface area contributed by atoms with Crippen molar-refractivity contribution in [1.82, 2.24) is 0 Å². The van der Waals surface area contributed by atoms with E-state index in [2.05, 4.69) is 6.58 Å². The molecule has 86 valence electrons. The molecule has 0 aliphatic rings. The molecular weight excluding hydrogens is 204 g/mol. The molecule has 0 fully saturated rings. The smallest absolute Gasteiger partial charge is 0.160 e. The Kier molecular flexibility index (Phi) is 4.73. The van der Waals surface area contributed by atoms with Crippen LogP contribution in [-0.4, -0.2) is 23.6 Å². The molecule has 0 aliphatic heterocycles. The first-order valence-electron chi connectivity index (χ1n) is 5.14. The Bertz CT molecular complexity index is 357. The number of allylic oxidation sites excluding steroid dienone is 1. The number of ether oxygens (including phenoxy) is 1. The van der Waals surface area contributed by atoms with Gasteiger partial charge in [0, 0.05) is 6.42 Å². The zero-order valence-electron chi connectivity index (χ0n) is 9.35. The van der Waals surface area contributed by atoms with Gasteiger partial charge in [0.05, 0.1) is 6.10 Å². The highest BCUT2D eigenvalue weighted by molar-refractivity contribution is 5.94. The summed E-state index contributed by atoms with van der Waals surface area (Å²) in [5, 5.41) is 9.54. The standard InChI is InChI=1S/C13H16O3/c1-10(2)13(15)8-11(14)9-16-12-6-4-3-5-7-12/h3-7,11,14H,1,8-9H2,2H3. The molecular formula is C13H16O3. The molecule has 0 radical (unpaired) electrons. The molecule has 1 unspecified atom stereocenters. The Morgan fingerprint density at radius 1 is 1.44 bits per heavy atom. The Balaban J connectivity index is 2.33. The molecule has 3 nitrogen and oxygen atoms in total. The number of rotatable bonds is 6. The first kappa shape index (κ1) is 12.5. The molecule has 0 amide bonds. The van der Waals surface area contributed by atoms with Crippen molar-refractivity contribution in [2.24, 2.45) is 0 Å². The van der Waals surface area contributed by atoms with E-state index in [1.165, 1.54) is 0 Å². The first-order chi connectivity index (χ1) is 7.59. The number of aliphatic hydroxyl groups is 1. The lowest BCUT2D eigenvalue weighted by molar-refractivity contribution is -0.117. The molecule has 1 aromatic carbocycles. The van der Waals surface area contributed by atoms with Crippen LogP contribution in [0.5, 0.6) is 5.75 Å². The zero-order chi connectivity index (χ0) is 12.0. The Hall–Kier alpha value is -1.61. The summed E-state index contributed by atoms with van der Waals surface area (Å²) in [6.45, 7) is 5.27. The van der Waals surface area contributed by atoms with Gasteiger partial charge in [-0.25, -0.2) is 0 Å². The van der Waals surface area contributed by atoms with Crippen molar-refractivity contribution in [1.29, 1.82) is 0 Å². The number of ketones is 1. The molecule has 1 atom stereocenters. The van der Waals surface area contributed by atoms with Gasteiger partial charge in [0.1, 0.15) is 12.4 Å². The third-order valence-corrected chi connectivity index (χ3v) is 2.08. The summed E-state index contributed by atoms with van der Waals surface area (Å²) in [5.74, 6) is 0.550. The lowest BCUT2D eigenvalue weighted by atomic mass is 10.1. The van der Waals surface area contributed by atoms with Gasteiger partial charge in [-0.3, -0.25) is 4.79 Å². The van der Waals surface area contributed by atoms with Crippen LogP contribution < -0.4 is 4.74 Å². The third-order valence-electron chi connectivity index (χ3n) is 2.08. The number of aliphatic hydroxyl groups excluding tert-OH is 1. The molecule has 0 heterocycles. The number of hydrogen-bond donors (Lipinski definition) is 1. The van der Waals surface area contributed by atoms with Gasteiger partial charge in [-0.2, -0.15) is 0 Å². The highest BCUT2D eigenvalue weighted by Gasteiger charge is 2.11. The van der Waals surface area contributed by atoms with Crippen LogP contribution in [-0.2, 0) is 4.79 Å². The minimum Gasteiger partial charge on any atom is -0.491 e. The van der Waals surface area contributed by atoms with E-state index in [1.54, 1.807) is 19.1 Å². The van der Waals surface area contributed by atoms with Crippen molar-refractivity contribution >= 4 is 5.78 Å². The van der Waals surface area contributed by atoms with Gasteiger partial charge in [-0.1, -0.05) is 24.8 Å². The van der Waals surface area contributed by atoms with Gasteiger partial charge in [-0.15, -0.1) is 0 Å². The molecule has 3 heteroatoms. The summed E-state index contributed by atoms with van der Waals surface area (Å²) in [6, 6.07) is 9.18. The van der Waals surface area contributed by atoms with Crippen LogP contribution >= 0.6 is 0 Å². The summed E-state index contributed by atoms with van der Waals surface area (Å²) in [7, 11) is 0. The number of Topliss-reactive ketones (excluding diaryl/α,β-unsaturated/α-hetero) is 1. The Morgan fingerprint density at radius 3 is 2.62 bits per heavy atom. The van der Waals surface area contributed by atoms with Crippen molar-refractivity contribution in [2.45, 2.75) is 19.4 Å². The predicted molar refractivity (Wildman–Crippen MR) is 62.4 cm³/mol. The van der Waals surface area contributed by atoms with E-state index in [-0.39, 0.29) is 18.8 Å². The average molecular weight is 220 g/mol. The van der Waals surface area contributed by atoms with Crippen molar-refractivity contribution in [3.05, 3.63) is 42.5 Å². The van der Waals surface area contributed by atoms with Crippen LogP contribution in [0.25, 0.3) is 0 Å². The summed E-state index contributed by atoms with van der Waals surface area (Å²) < 4.78 is 5.32. The molecule has 0 aliphatic carbocycles. The fourth-order valence-electron chi connectivity index (χ4n) is 1.16. The maximum atomic E-state index is 11.2. The van der Waals surface area contributed by atoms with E-state index in [0.29, 0.717) is 11.3 Å². The van der Waals surface area contributed by atoms with E-state index in [1.807, 2.05) is 18.2 Å². The lowest BCUT2D eigenvalue weighted by Crippen LogP contribution is -2.21. The molecule has 0 saturated heterocycles. The van der Waals surface area contributed by atoms with Gasteiger partial charge in [-0.05, 0) is 24.6 Å². The highest BCUT2D eigenvalue weighted by atomic mass is 16.5. The maximum absolute atomic E-state index is 11.2. The van der Waals surface area contributed by atoms with Crippen LogP contribution in [0.15, 0.2) is 42.5 Å². The normalized spacial score (nSPS) is 11.9. The van der Waals surface area contributed by atoms with E-state index >= 15 is 0 Å². The van der Waals surface area contributed by atoms with Gasteiger partial charge in [0.2, 0.25) is 0 Å². The minimum atomic E-state index is -0.788. The highest BCUT2D eigenvalue weighted by Crippen LogP contribution is 2.09. The largest absolute Gasteiger partial charge is 0.491 e. The molecule has 1 aromatic rings. The molecule has 1 rings (SSSR count). The van der Waals surface area contributed by atoms with E-state index in [4.69, 9.17) is 4.74 Å². The quantitative estimate of drug-likeness (QED) is 0.745. The number of hydrogen-bond acceptors (Lipinski definition) is 3. The van der Waals surface area contributed by atoms with E-state index in [9.17, 15) is 9.90 Å². The molecule has 0 aromatic heterocycles. The summed E-state index contributed by atoms with van der Waals surface area (Å²) in [4.78, 5) is 11.2. The number of benzene rings is 1. The van der Waals surface area contributed by atoms with Crippen molar-refractivity contribution in [3.63, 3.8) is 0 Å². The number of para-hydroxylation sites is 1. The predicted octanol–water partition coefficient (Wildman–Crippen LogP) is 1.96. The monoisotopic (exact) mass is 220 g/mol. The molecule has 16 heavy (non-hydrogen) atoms. The van der Waals surface area contributed by atoms with Gasteiger partial charge < -0.3 is 9.84 Å². The Morgan fingerprint density at radius 2 is 2.06 bits per heavy atom. The van der Waals surface area contributed by atoms with Gasteiger partial charge >= 0.3 is 0 Å². The van der Waals surface area contributed by atoms with Crippen LogP contribution in [0.4, 0.5) is 0 Å². The zero-order valence-corrected chi connectivity index (χ0v) is 9.35. The number of carbonyl (C=O) groups is 1. The topological polar surface area (TPSA) is 46.5 Å². The molecule has 0 saturated carbocycles. The molecule has 0 bridgehead atoms. The lowest BCUT2D eigenvalue weighted by Gasteiger charge is -2.11. The van der Waals surface area contributed by atoms with E-state index in [0.717, 1.165) is 0 Å². The average Bonchev–Trinajstić information content (AvgIpc) is 2.27. The van der Waals surface area contributed by atoms with E-state index < -0.39 is 6.10 Å². The van der Waals surface area contributed by atoms with Crippen LogP contribution in [0, 0.1) is 0 Å². The Labute approximate surface area is 95.4 Å². The second kappa shape index (κ2) is 6.08. The van der Waals surface area contributed by atoms with Crippen molar-refractivity contribution in [3.8, 4) is 5.75 Å². The molecule has 0 spiro atoms. The van der Waals surface area contributed by atoms with Crippen LogP contribution in [0.1, 0.15) is 13.3 Å². The fraction of sp³-hybridized carbons (Fsp3) is 0.308. The van der Waals surface area contributed by atoms with Crippen molar-refractivity contribution in [2.75, 3.05) is 6.61 Å². The minimum absolute atomic E-state index is 0.0577.